The Kier molecular flexibility index (Phi) is 4.47. The largest absolute Gasteiger partial charge is 0.378 e. The lowest BCUT2D eigenvalue weighted by atomic mass is 10.2. The Hall–Kier alpha value is -0.980. The summed E-state index contributed by atoms with van der Waals surface area (Å²) in [6, 6.07) is -0.169. The van der Waals surface area contributed by atoms with Gasteiger partial charge >= 0.3 is 0 Å². The van der Waals surface area contributed by atoms with Crippen LogP contribution in [0.5, 0.6) is 0 Å². The van der Waals surface area contributed by atoms with E-state index in [0.717, 1.165) is 5.01 Å². The zero-order valence-corrected chi connectivity index (χ0v) is 10.7. The standard InChI is InChI=1S/C11H17N3O2S/c1-9(13-8-10-12-2-7-17-10)11(15)14-3-5-16-6-4-14/h2,7,9,13H,3-6,8H2,1H3. The molecule has 2 rings (SSSR count). The Balaban J connectivity index is 1.78. The van der Waals surface area contributed by atoms with Crippen molar-refractivity contribution in [3.05, 3.63) is 16.6 Å². The summed E-state index contributed by atoms with van der Waals surface area (Å²) in [7, 11) is 0. The first-order valence-electron chi connectivity index (χ1n) is 5.75. The van der Waals surface area contributed by atoms with Gasteiger partial charge in [0.1, 0.15) is 5.01 Å². The minimum Gasteiger partial charge on any atom is -0.378 e. The van der Waals surface area contributed by atoms with Crippen LogP contribution >= 0.6 is 11.3 Å². The molecular formula is C11H17N3O2S. The third-order valence-corrected chi connectivity index (χ3v) is 3.52. The van der Waals surface area contributed by atoms with Gasteiger partial charge in [0, 0.05) is 31.2 Å². The molecule has 0 radical (unpaired) electrons. The van der Waals surface area contributed by atoms with Crippen LogP contribution in [0, 0.1) is 0 Å². The molecule has 1 aliphatic rings. The van der Waals surface area contributed by atoms with E-state index >= 15 is 0 Å². The Morgan fingerprint density at radius 3 is 3.06 bits per heavy atom. The maximum absolute atomic E-state index is 12.0. The highest BCUT2D eigenvalue weighted by Gasteiger charge is 2.21. The minimum absolute atomic E-state index is 0.143. The van der Waals surface area contributed by atoms with Crippen molar-refractivity contribution in [1.29, 1.82) is 0 Å². The van der Waals surface area contributed by atoms with Gasteiger partial charge in [-0.15, -0.1) is 11.3 Å². The van der Waals surface area contributed by atoms with Crippen LogP contribution in [-0.4, -0.2) is 48.1 Å². The second kappa shape index (κ2) is 6.09. The molecule has 1 aromatic rings. The first-order chi connectivity index (χ1) is 8.27. The van der Waals surface area contributed by atoms with Crippen LogP contribution in [0.4, 0.5) is 0 Å². The quantitative estimate of drug-likeness (QED) is 0.850. The molecule has 1 aromatic heterocycles. The van der Waals surface area contributed by atoms with Crippen LogP contribution in [0.3, 0.4) is 0 Å². The number of carbonyl (C=O) groups is 1. The third-order valence-electron chi connectivity index (χ3n) is 2.74. The summed E-state index contributed by atoms with van der Waals surface area (Å²) in [5.74, 6) is 0.143. The second-order valence-electron chi connectivity index (χ2n) is 3.97. The predicted molar refractivity (Wildman–Crippen MR) is 65.8 cm³/mol. The van der Waals surface area contributed by atoms with Gasteiger partial charge in [-0.05, 0) is 6.92 Å². The van der Waals surface area contributed by atoms with Crippen LogP contribution in [0.1, 0.15) is 11.9 Å². The Morgan fingerprint density at radius 1 is 1.65 bits per heavy atom. The monoisotopic (exact) mass is 255 g/mol. The van der Waals surface area contributed by atoms with E-state index in [1.54, 1.807) is 17.5 Å². The molecule has 1 unspecified atom stereocenters. The predicted octanol–water partition coefficient (Wildman–Crippen LogP) is 0.480. The smallest absolute Gasteiger partial charge is 0.239 e. The van der Waals surface area contributed by atoms with Crippen molar-refractivity contribution in [3.8, 4) is 0 Å². The highest BCUT2D eigenvalue weighted by Crippen LogP contribution is 2.05. The second-order valence-corrected chi connectivity index (χ2v) is 4.95. The number of ether oxygens (including phenoxy) is 1. The molecule has 0 aliphatic carbocycles. The Morgan fingerprint density at radius 2 is 2.41 bits per heavy atom. The zero-order valence-electron chi connectivity index (χ0n) is 9.89. The molecule has 0 saturated carbocycles. The van der Waals surface area contributed by atoms with E-state index in [2.05, 4.69) is 10.3 Å². The normalized spacial score (nSPS) is 18.1. The number of nitrogens with zero attached hydrogens (tertiary/aromatic N) is 2. The Bertz CT molecular complexity index is 350. The van der Waals surface area contributed by atoms with Crippen LogP contribution in [-0.2, 0) is 16.1 Å². The molecule has 0 spiro atoms. The summed E-state index contributed by atoms with van der Waals surface area (Å²) in [4.78, 5) is 18.1. The summed E-state index contributed by atoms with van der Waals surface area (Å²) >= 11 is 1.59. The molecule has 0 bridgehead atoms. The topological polar surface area (TPSA) is 54.5 Å². The van der Waals surface area contributed by atoms with Gasteiger partial charge in [0.2, 0.25) is 5.91 Å². The van der Waals surface area contributed by atoms with E-state index in [1.807, 2.05) is 17.2 Å². The molecule has 5 nitrogen and oxygen atoms in total. The molecular weight excluding hydrogens is 238 g/mol. The molecule has 1 fully saturated rings. The van der Waals surface area contributed by atoms with Gasteiger partial charge in [0.25, 0.3) is 0 Å². The first-order valence-corrected chi connectivity index (χ1v) is 6.63. The van der Waals surface area contributed by atoms with Crippen molar-refractivity contribution in [2.24, 2.45) is 0 Å². The maximum atomic E-state index is 12.0. The van der Waals surface area contributed by atoms with Crippen LogP contribution in [0.2, 0.25) is 0 Å². The molecule has 1 aliphatic heterocycles. The summed E-state index contributed by atoms with van der Waals surface area (Å²) in [6.45, 7) is 5.22. The van der Waals surface area contributed by atoms with Gasteiger partial charge in [-0.2, -0.15) is 0 Å². The molecule has 1 saturated heterocycles. The molecule has 1 N–H and O–H groups in total. The van der Waals surface area contributed by atoms with E-state index < -0.39 is 0 Å². The van der Waals surface area contributed by atoms with Gasteiger partial charge in [0.05, 0.1) is 19.3 Å². The van der Waals surface area contributed by atoms with Gasteiger partial charge in [-0.1, -0.05) is 0 Å². The molecule has 1 atom stereocenters. The van der Waals surface area contributed by atoms with Gasteiger partial charge in [0.15, 0.2) is 0 Å². The number of carbonyl (C=O) groups excluding carboxylic acids is 1. The molecule has 0 aromatic carbocycles. The average molecular weight is 255 g/mol. The molecule has 17 heavy (non-hydrogen) atoms. The van der Waals surface area contributed by atoms with Crippen molar-refractivity contribution in [2.45, 2.75) is 19.5 Å². The highest BCUT2D eigenvalue weighted by molar-refractivity contribution is 7.09. The van der Waals surface area contributed by atoms with E-state index in [4.69, 9.17) is 4.74 Å². The molecule has 6 heteroatoms. The third kappa shape index (κ3) is 3.49. The van der Waals surface area contributed by atoms with Crippen LogP contribution in [0.15, 0.2) is 11.6 Å². The fourth-order valence-electron chi connectivity index (χ4n) is 1.73. The van der Waals surface area contributed by atoms with Gasteiger partial charge in [-0.25, -0.2) is 4.98 Å². The highest BCUT2D eigenvalue weighted by atomic mass is 32.1. The van der Waals surface area contributed by atoms with E-state index in [-0.39, 0.29) is 11.9 Å². The van der Waals surface area contributed by atoms with Crippen molar-refractivity contribution >= 4 is 17.2 Å². The number of rotatable bonds is 4. The van der Waals surface area contributed by atoms with E-state index in [0.29, 0.717) is 32.8 Å². The van der Waals surface area contributed by atoms with Crippen LogP contribution in [0.25, 0.3) is 0 Å². The number of aromatic nitrogens is 1. The summed E-state index contributed by atoms with van der Waals surface area (Å²) in [5.41, 5.74) is 0. The lowest BCUT2D eigenvalue weighted by Gasteiger charge is -2.29. The number of hydrogen-bond donors (Lipinski definition) is 1. The van der Waals surface area contributed by atoms with Crippen molar-refractivity contribution in [1.82, 2.24) is 15.2 Å². The molecule has 2 heterocycles. The van der Waals surface area contributed by atoms with Crippen LogP contribution < -0.4 is 5.32 Å². The number of hydrogen-bond acceptors (Lipinski definition) is 5. The lowest BCUT2D eigenvalue weighted by Crippen LogP contribution is -2.49. The van der Waals surface area contributed by atoms with Gasteiger partial charge in [-0.3, -0.25) is 10.1 Å². The summed E-state index contributed by atoms with van der Waals surface area (Å²) < 4.78 is 5.23. The fourth-order valence-corrected chi connectivity index (χ4v) is 2.29. The zero-order chi connectivity index (χ0) is 12.1. The summed E-state index contributed by atoms with van der Waals surface area (Å²) in [6.07, 6.45) is 1.77. The number of morpholine rings is 1. The SMILES string of the molecule is CC(NCc1nccs1)C(=O)N1CCOCC1. The van der Waals surface area contributed by atoms with Crippen molar-refractivity contribution in [2.75, 3.05) is 26.3 Å². The van der Waals surface area contributed by atoms with Crippen molar-refractivity contribution in [3.63, 3.8) is 0 Å². The fraction of sp³-hybridized carbons (Fsp3) is 0.636. The van der Waals surface area contributed by atoms with Gasteiger partial charge < -0.3 is 9.64 Å². The Labute approximate surface area is 105 Å². The minimum atomic E-state index is -0.169. The molecule has 1 amide bonds. The van der Waals surface area contributed by atoms with Crippen molar-refractivity contribution < 1.29 is 9.53 Å². The van der Waals surface area contributed by atoms with E-state index in [1.165, 1.54) is 0 Å². The number of thiazole rings is 1. The van der Waals surface area contributed by atoms with E-state index in [9.17, 15) is 4.79 Å². The molecule has 94 valence electrons. The number of nitrogens with one attached hydrogen (secondary N) is 1. The average Bonchev–Trinajstić information content (AvgIpc) is 2.89. The number of amides is 1. The maximum Gasteiger partial charge on any atom is 0.239 e. The lowest BCUT2D eigenvalue weighted by molar-refractivity contribution is -0.137. The first kappa shape index (κ1) is 12.5. The summed E-state index contributed by atoms with van der Waals surface area (Å²) in [5, 5.41) is 6.14.